The van der Waals surface area contributed by atoms with Crippen LogP contribution in [0.3, 0.4) is 0 Å². The fourth-order valence-electron chi connectivity index (χ4n) is 1.38. The summed E-state index contributed by atoms with van der Waals surface area (Å²) in [4.78, 5) is 14.2. The lowest BCUT2D eigenvalue weighted by molar-refractivity contribution is -0.137. The fourth-order valence-corrected chi connectivity index (χ4v) is 2.46. The van der Waals surface area contributed by atoms with Gasteiger partial charge in [-0.25, -0.2) is 13.1 Å². The van der Waals surface area contributed by atoms with Gasteiger partial charge in [0, 0.05) is 25.4 Å². The van der Waals surface area contributed by atoms with Crippen molar-refractivity contribution in [2.24, 2.45) is 0 Å². The number of carbonyl (C=O) groups is 1. The zero-order chi connectivity index (χ0) is 13.4. The van der Waals surface area contributed by atoms with Crippen LogP contribution in [0.2, 0.25) is 0 Å². The van der Waals surface area contributed by atoms with Crippen molar-refractivity contribution in [2.75, 3.05) is 12.3 Å². The van der Waals surface area contributed by atoms with Crippen molar-refractivity contribution in [1.29, 1.82) is 0 Å². The van der Waals surface area contributed by atoms with Crippen LogP contribution < -0.4 is 4.72 Å². The smallest absolute Gasteiger partial charge is 0.303 e. The third kappa shape index (κ3) is 6.31. The number of hydrogen-bond donors (Lipinski definition) is 2. The average Bonchev–Trinajstić information content (AvgIpc) is 2.29. The number of carboxylic acid groups (broad SMARTS) is 1. The number of hydrogen-bond acceptors (Lipinski definition) is 4. The van der Waals surface area contributed by atoms with E-state index in [9.17, 15) is 13.2 Å². The highest BCUT2D eigenvalue weighted by Crippen LogP contribution is 1.98. The van der Waals surface area contributed by atoms with Crippen LogP contribution in [0.4, 0.5) is 0 Å². The molecule has 0 aliphatic carbocycles. The molecule has 0 aliphatic heterocycles. The Morgan fingerprint density at radius 3 is 2.83 bits per heavy atom. The Morgan fingerprint density at radius 2 is 2.22 bits per heavy atom. The Hall–Kier alpha value is -1.47. The molecule has 100 valence electrons. The number of nitrogens with one attached hydrogen (secondary N) is 1. The normalized spacial score (nSPS) is 11.3. The minimum absolute atomic E-state index is 0.123. The summed E-state index contributed by atoms with van der Waals surface area (Å²) in [6.07, 6.45) is 3.88. The maximum atomic E-state index is 11.5. The number of sulfonamides is 1. The van der Waals surface area contributed by atoms with Crippen LogP contribution in [0.1, 0.15) is 18.4 Å². The SMILES string of the molecule is O=C(O)CCCS(=O)(=O)NCCc1cccnc1. The van der Waals surface area contributed by atoms with Gasteiger partial charge in [0.1, 0.15) is 0 Å². The van der Waals surface area contributed by atoms with Gasteiger partial charge in [-0.2, -0.15) is 0 Å². The molecule has 0 radical (unpaired) electrons. The van der Waals surface area contributed by atoms with Gasteiger partial charge in [0.15, 0.2) is 0 Å². The first-order chi connectivity index (χ1) is 8.49. The van der Waals surface area contributed by atoms with Gasteiger partial charge in [-0.3, -0.25) is 9.78 Å². The highest BCUT2D eigenvalue weighted by atomic mass is 32.2. The molecule has 0 saturated heterocycles. The maximum Gasteiger partial charge on any atom is 0.303 e. The Morgan fingerprint density at radius 1 is 1.44 bits per heavy atom. The van der Waals surface area contributed by atoms with Crippen LogP contribution in [-0.2, 0) is 21.2 Å². The number of aromatic nitrogens is 1. The van der Waals surface area contributed by atoms with Crippen LogP contribution in [0.5, 0.6) is 0 Å². The summed E-state index contributed by atoms with van der Waals surface area (Å²) in [5.74, 6) is -1.15. The summed E-state index contributed by atoms with van der Waals surface area (Å²) in [6.45, 7) is 0.293. The van der Waals surface area contributed by atoms with E-state index in [1.165, 1.54) is 0 Å². The molecule has 0 unspecified atom stereocenters. The van der Waals surface area contributed by atoms with Crippen molar-refractivity contribution in [3.8, 4) is 0 Å². The molecule has 0 bridgehead atoms. The summed E-state index contributed by atoms with van der Waals surface area (Å²) in [7, 11) is -3.38. The Labute approximate surface area is 106 Å². The van der Waals surface area contributed by atoms with E-state index >= 15 is 0 Å². The van der Waals surface area contributed by atoms with E-state index in [0.717, 1.165) is 5.56 Å². The highest BCUT2D eigenvalue weighted by molar-refractivity contribution is 7.89. The molecule has 18 heavy (non-hydrogen) atoms. The van der Waals surface area contributed by atoms with E-state index in [2.05, 4.69) is 9.71 Å². The number of aliphatic carboxylic acids is 1. The standard InChI is InChI=1S/C11H16N2O4S/c14-11(15)4-2-8-18(16,17)13-7-5-10-3-1-6-12-9-10/h1,3,6,9,13H,2,4-5,7-8H2,(H,14,15). The maximum absolute atomic E-state index is 11.5. The largest absolute Gasteiger partial charge is 0.481 e. The molecule has 0 amide bonds. The molecular weight excluding hydrogens is 256 g/mol. The van der Waals surface area contributed by atoms with Crippen LogP contribution in [-0.4, -0.2) is 36.8 Å². The molecule has 1 rings (SSSR count). The first-order valence-electron chi connectivity index (χ1n) is 5.57. The van der Waals surface area contributed by atoms with Gasteiger partial charge < -0.3 is 5.11 Å². The Bertz CT molecular complexity index is 473. The molecule has 0 atom stereocenters. The van der Waals surface area contributed by atoms with Crippen molar-refractivity contribution in [3.05, 3.63) is 30.1 Å². The molecule has 0 fully saturated rings. The van der Waals surface area contributed by atoms with Gasteiger partial charge in [0.05, 0.1) is 5.75 Å². The molecule has 6 nitrogen and oxygen atoms in total. The van der Waals surface area contributed by atoms with Crippen LogP contribution in [0.15, 0.2) is 24.5 Å². The summed E-state index contributed by atoms with van der Waals surface area (Å²) in [5.41, 5.74) is 0.950. The molecule has 0 saturated carbocycles. The number of nitrogens with zero attached hydrogens (tertiary/aromatic N) is 1. The predicted octanol–water partition coefficient (Wildman–Crippen LogP) is 0.408. The predicted molar refractivity (Wildman–Crippen MR) is 66.6 cm³/mol. The first-order valence-corrected chi connectivity index (χ1v) is 7.23. The van der Waals surface area contributed by atoms with Crippen molar-refractivity contribution in [2.45, 2.75) is 19.3 Å². The monoisotopic (exact) mass is 272 g/mol. The summed E-state index contributed by atoms with van der Waals surface area (Å²) in [6, 6.07) is 3.66. The van der Waals surface area contributed by atoms with E-state index in [1.807, 2.05) is 6.07 Å². The minimum atomic E-state index is -3.38. The van der Waals surface area contributed by atoms with E-state index in [-0.39, 0.29) is 18.6 Å². The molecule has 0 aliphatic rings. The second-order valence-electron chi connectivity index (χ2n) is 3.82. The van der Waals surface area contributed by atoms with Crippen LogP contribution in [0.25, 0.3) is 0 Å². The molecule has 1 aromatic heterocycles. The van der Waals surface area contributed by atoms with Crippen molar-refractivity contribution >= 4 is 16.0 Å². The molecule has 1 aromatic rings. The second-order valence-corrected chi connectivity index (χ2v) is 5.75. The van der Waals surface area contributed by atoms with E-state index in [0.29, 0.717) is 13.0 Å². The number of carboxylic acids is 1. The van der Waals surface area contributed by atoms with E-state index in [1.54, 1.807) is 18.5 Å². The molecule has 7 heteroatoms. The lowest BCUT2D eigenvalue weighted by Gasteiger charge is -2.05. The number of pyridine rings is 1. The number of rotatable bonds is 8. The molecule has 1 heterocycles. The van der Waals surface area contributed by atoms with E-state index < -0.39 is 16.0 Å². The van der Waals surface area contributed by atoms with Gasteiger partial charge in [-0.15, -0.1) is 0 Å². The Kier molecular flexibility index (Phi) is 5.73. The van der Waals surface area contributed by atoms with Gasteiger partial charge in [-0.05, 0) is 24.5 Å². The zero-order valence-electron chi connectivity index (χ0n) is 9.87. The third-order valence-electron chi connectivity index (χ3n) is 2.26. The van der Waals surface area contributed by atoms with Gasteiger partial charge in [-0.1, -0.05) is 6.07 Å². The third-order valence-corrected chi connectivity index (χ3v) is 3.73. The molecule has 0 spiro atoms. The van der Waals surface area contributed by atoms with Crippen LogP contribution in [0, 0.1) is 0 Å². The fraction of sp³-hybridized carbons (Fsp3) is 0.455. The lowest BCUT2D eigenvalue weighted by Crippen LogP contribution is -2.28. The summed E-state index contributed by atoms with van der Waals surface area (Å²) < 4.78 is 25.4. The minimum Gasteiger partial charge on any atom is -0.481 e. The zero-order valence-corrected chi connectivity index (χ0v) is 10.7. The quantitative estimate of drug-likeness (QED) is 0.714. The van der Waals surface area contributed by atoms with Gasteiger partial charge in [0.2, 0.25) is 10.0 Å². The topological polar surface area (TPSA) is 96.4 Å². The van der Waals surface area contributed by atoms with Gasteiger partial charge in [0.25, 0.3) is 0 Å². The van der Waals surface area contributed by atoms with Crippen molar-refractivity contribution in [3.63, 3.8) is 0 Å². The lowest BCUT2D eigenvalue weighted by atomic mass is 10.2. The molecule has 0 aromatic carbocycles. The summed E-state index contributed by atoms with van der Waals surface area (Å²) >= 11 is 0. The van der Waals surface area contributed by atoms with Crippen molar-refractivity contribution in [1.82, 2.24) is 9.71 Å². The van der Waals surface area contributed by atoms with E-state index in [4.69, 9.17) is 5.11 Å². The second kappa shape index (κ2) is 7.07. The first kappa shape index (κ1) is 14.6. The Balaban J connectivity index is 2.27. The van der Waals surface area contributed by atoms with Crippen molar-refractivity contribution < 1.29 is 18.3 Å². The van der Waals surface area contributed by atoms with Gasteiger partial charge >= 0.3 is 5.97 Å². The average molecular weight is 272 g/mol. The van der Waals surface area contributed by atoms with Crippen LogP contribution >= 0.6 is 0 Å². The molecule has 2 N–H and O–H groups in total. The highest BCUT2D eigenvalue weighted by Gasteiger charge is 2.10. The molecular formula is C11H16N2O4S. The summed E-state index contributed by atoms with van der Waals surface area (Å²) in [5, 5.41) is 8.41.